The van der Waals surface area contributed by atoms with Crippen molar-refractivity contribution in [3.63, 3.8) is 0 Å². The number of piperidine rings is 1. The maximum absolute atomic E-state index is 3.57. The molecule has 1 aromatic heterocycles. The predicted octanol–water partition coefficient (Wildman–Crippen LogP) is 2.88. The molecule has 0 unspecified atom stereocenters. The molecule has 1 aliphatic heterocycles. The molecule has 1 aliphatic rings. The Morgan fingerprint density at radius 3 is 2.76 bits per heavy atom. The summed E-state index contributed by atoms with van der Waals surface area (Å²) in [6.07, 6.45) is 4.12. The van der Waals surface area contributed by atoms with Crippen LogP contribution in [0.2, 0.25) is 0 Å². The Kier molecular flexibility index (Phi) is 5.01. The van der Waals surface area contributed by atoms with Crippen LogP contribution < -0.4 is 5.32 Å². The number of aryl methyl sites for hydroxylation is 1. The molecule has 0 bridgehead atoms. The Balaban J connectivity index is 1.57. The van der Waals surface area contributed by atoms with Crippen LogP contribution in [-0.4, -0.2) is 31.6 Å². The van der Waals surface area contributed by atoms with Crippen LogP contribution in [0.1, 0.15) is 29.0 Å². The van der Waals surface area contributed by atoms with Gasteiger partial charge in [0.05, 0.1) is 0 Å². The average Bonchev–Trinajstić information content (AvgIpc) is 2.73. The van der Waals surface area contributed by atoms with Crippen LogP contribution in [0.15, 0.2) is 12.1 Å². The second-order valence-electron chi connectivity index (χ2n) is 5.22. The number of nitrogens with zero attached hydrogens (tertiary/aromatic N) is 1. The summed E-state index contributed by atoms with van der Waals surface area (Å²) in [5, 5.41) is 3.57. The molecule has 1 fully saturated rings. The molecular weight excluding hydrogens is 228 g/mol. The number of hydrogen-bond acceptors (Lipinski definition) is 3. The van der Waals surface area contributed by atoms with Gasteiger partial charge in [0.25, 0.3) is 0 Å². The van der Waals surface area contributed by atoms with Crippen molar-refractivity contribution in [2.45, 2.75) is 32.7 Å². The molecule has 1 aromatic rings. The topological polar surface area (TPSA) is 15.3 Å². The van der Waals surface area contributed by atoms with Crippen molar-refractivity contribution in [2.24, 2.45) is 5.92 Å². The van der Waals surface area contributed by atoms with Gasteiger partial charge in [-0.25, -0.2) is 0 Å². The molecule has 96 valence electrons. The SMILES string of the molecule is Cc1ccc(CNCCC2CCN(C)CC2)s1. The van der Waals surface area contributed by atoms with Crippen LogP contribution in [-0.2, 0) is 6.54 Å². The molecular formula is C14H24N2S. The van der Waals surface area contributed by atoms with E-state index in [1.165, 1.54) is 48.7 Å². The van der Waals surface area contributed by atoms with Crippen LogP contribution in [0.3, 0.4) is 0 Å². The van der Waals surface area contributed by atoms with E-state index in [9.17, 15) is 0 Å². The van der Waals surface area contributed by atoms with Crippen LogP contribution in [0.5, 0.6) is 0 Å². The van der Waals surface area contributed by atoms with E-state index in [4.69, 9.17) is 0 Å². The Morgan fingerprint density at radius 2 is 2.12 bits per heavy atom. The lowest BCUT2D eigenvalue weighted by Gasteiger charge is -2.28. The molecule has 0 aliphatic carbocycles. The van der Waals surface area contributed by atoms with Gasteiger partial charge >= 0.3 is 0 Å². The molecule has 1 saturated heterocycles. The number of rotatable bonds is 5. The number of nitrogens with one attached hydrogen (secondary N) is 1. The Morgan fingerprint density at radius 1 is 1.35 bits per heavy atom. The third-order valence-corrected chi connectivity index (χ3v) is 4.66. The van der Waals surface area contributed by atoms with Crippen molar-refractivity contribution in [1.82, 2.24) is 10.2 Å². The van der Waals surface area contributed by atoms with E-state index in [1.54, 1.807) is 0 Å². The van der Waals surface area contributed by atoms with Crippen molar-refractivity contribution in [1.29, 1.82) is 0 Å². The highest BCUT2D eigenvalue weighted by molar-refractivity contribution is 7.11. The molecule has 0 radical (unpaired) electrons. The maximum atomic E-state index is 3.57. The zero-order valence-corrected chi connectivity index (χ0v) is 11.9. The molecule has 0 spiro atoms. The van der Waals surface area contributed by atoms with E-state index in [2.05, 4.69) is 36.3 Å². The Bertz CT molecular complexity index is 327. The zero-order chi connectivity index (χ0) is 12.1. The predicted molar refractivity (Wildman–Crippen MR) is 75.6 cm³/mol. The molecule has 2 heterocycles. The van der Waals surface area contributed by atoms with E-state index in [-0.39, 0.29) is 0 Å². The van der Waals surface area contributed by atoms with Gasteiger partial charge in [0.1, 0.15) is 0 Å². The van der Waals surface area contributed by atoms with Crippen molar-refractivity contribution in [3.8, 4) is 0 Å². The van der Waals surface area contributed by atoms with Crippen LogP contribution >= 0.6 is 11.3 Å². The average molecular weight is 252 g/mol. The van der Waals surface area contributed by atoms with E-state index in [0.717, 1.165) is 12.5 Å². The highest BCUT2D eigenvalue weighted by atomic mass is 32.1. The highest BCUT2D eigenvalue weighted by Crippen LogP contribution is 2.19. The Labute approximate surface area is 109 Å². The fourth-order valence-electron chi connectivity index (χ4n) is 2.45. The van der Waals surface area contributed by atoms with Gasteiger partial charge in [-0.3, -0.25) is 0 Å². The summed E-state index contributed by atoms with van der Waals surface area (Å²) in [5.41, 5.74) is 0. The van der Waals surface area contributed by atoms with Crippen molar-refractivity contribution in [3.05, 3.63) is 21.9 Å². The minimum absolute atomic E-state index is 0.948. The molecule has 1 N–H and O–H groups in total. The van der Waals surface area contributed by atoms with Crippen LogP contribution in [0.4, 0.5) is 0 Å². The molecule has 0 atom stereocenters. The summed E-state index contributed by atoms with van der Waals surface area (Å²) in [6, 6.07) is 4.45. The monoisotopic (exact) mass is 252 g/mol. The number of likely N-dealkylation sites (tertiary alicyclic amines) is 1. The molecule has 0 amide bonds. The molecule has 17 heavy (non-hydrogen) atoms. The fraction of sp³-hybridized carbons (Fsp3) is 0.714. The van der Waals surface area contributed by atoms with Gasteiger partial charge < -0.3 is 10.2 Å². The van der Waals surface area contributed by atoms with Gasteiger partial charge in [0.2, 0.25) is 0 Å². The van der Waals surface area contributed by atoms with Gasteiger partial charge in [0.15, 0.2) is 0 Å². The summed E-state index contributed by atoms with van der Waals surface area (Å²) < 4.78 is 0. The standard InChI is InChI=1S/C14H24N2S/c1-12-3-4-14(17-12)11-15-8-5-13-6-9-16(2)10-7-13/h3-4,13,15H,5-11H2,1-2H3. The first-order valence-corrected chi connectivity index (χ1v) is 7.50. The van der Waals surface area contributed by atoms with E-state index in [0.29, 0.717) is 0 Å². The summed E-state index contributed by atoms with van der Waals surface area (Å²) >= 11 is 1.90. The number of hydrogen-bond donors (Lipinski definition) is 1. The third-order valence-electron chi connectivity index (χ3n) is 3.66. The van der Waals surface area contributed by atoms with Crippen molar-refractivity contribution >= 4 is 11.3 Å². The first-order valence-electron chi connectivity index (χ1n) is 6.68. The smallest absolute Gasteiger partial charge is 0.0299 e. The first kappa shape index (κ1) is 13.1. The lowest BCUT2D eigenvalue weighted by molar-refractivity contribution is 0.211. The zero-order valence-electron chi connectivity index (χ0n) is 11.0. The third kappa shape index (κ3) is 4.41. The van der Waals surface area contributed by atoms with E-state index in [1.807, 2.05) is 11.3 Å². The van der Waals surface area contributed by atoms with Crippen molar-refractivity contribution < 1.29 is 0 Å². The van der Waals surface area contributed by atoms with Crippen LogP contribution in [0, 0.1) is 12.8 Å². The van der Waals surface area contributed by atoms with E-state index >= 15 is 0 Å². The summed E-state index contributed by atoms with van der Waals surface area (Å²) in [6.45, 7) is 6.97. The molecule has 2 nitrogen and oxygen atoms in total. The highest BCUT2D eigenvalue weighted by Gasteiger charge is 2.15. The Hall–Kier alpha value is -0.380. The van der Waals surface area contributed by atoms with Gasteiger partial charge in [-0.05, 0) is 70.9 Å². The number of thiophene rings is 1. The van der Waals surface area contributed by atoms with Crippen LogP contribution in [0.25, 0.3) is 0 Å². The second-order valence-corrected chi connectivity index (χ2v) is 6.60. The summed E-state index contributed by atoms with van der Waals surface area (Å²) in [7, 11) is 2.23. The second kappa shape index (κ2) is 6.53. The normalized spacial score (nSPS) is 18.7. The fourth-order valence-corrected chi connectivity index (χ4v) is 3.31. The minimum Gasteiger partial charge on any atom is -0.312 e. The largest absolute Gasteiger partial charge is 0.312 e. The van der Waals surface area contributed by atoms with Crippen molar-refractivity contribution in [2.75, 3.05) is 26.7 Å². The lowest BCUT2D eigenvalue weighted by Crippen LogP contribution is -2.31. The molecule has 0 saturated carbocycles. The van der Waals surface area contributed by atoms with Gasteiger partial charge in [-0.2, -0.15) is 0 Å². The summed E-state index contributed by atoms with van der Waals surface area (Å²) in [5.74, 6) is 0.948. The quantitative estimate of drug-likeness (QED) is 0.811. The minimum atomic E-state index is 0.948. The maximum Gasteiger partial charge on any atom is 0.0299 e. The first-order chi connectivity index (χ1) is 8.24. The van der Waals surface area contributed by atoms with Gasteiger partial charge in [-0.15, -0.1) is 11.3 Å². The molecule has 3 heteroatoms. The lowest BCUT2D eigenvalue weighted by atomic mass is 9.94. The van der Waals surface area contributed by atoms with Gasteiger partial charge in [-0.1, -0.05) is 0 Å². The van der Waals surface area contributed by atoms with E-state index < -0.39 is 0 Å². The summed E-state index contributed by atoms with van der Waals surface area (Å²) in [4.78, 5) is 5.32. The molecule has 0 aromatic carbocycles. The molecule has 2 rings (SSSR count). The van der Waals surface area contributed by atoms with Gasteiger partial charge in [0, 0.05) is 16.3 Å².